The summed E-state index contributed by atoms with van der Waals surface area (Å²) >= 11 is 3.39. The van der Waals surface area contributed by atoms with Crippen molar-refractivity contribution in [2.24, 2.45) is 0 Å². The smallest absolute Gasteiger partial charge is 0.259 e. The number of allylic oxidation sites excluding steroid dienone is 1. The molecule has 3 aromatic rings. The van der Waals surface area contributed by atoms with E-state index in [2.05, 4.69) is 32.0 Å². The van der Waals surface area contributed by atoms with Crippen LogP contribution in [0.15, 0.2) is 57.8 Å². The van der Waals surface area contributed by atoms with Gasteiger partial charge in [-0.25, -0.2) is 4.98 Å². The molecule has 0 aliphatic heterocycles. The third-order valence-corrected chi connectivity index (χ3v) is 3.64. The van der Waals surface area contributed by atoms with E-state index in [0.29, 0.717) is 16.5 Å². The summed E-state index contributed by atoms with van der Waals surface area (Å²) in [7, 11) is 0. The van der Waals surface area contributed by atoms with Crippen LogP contribution in [0.2, 0.25) is 0 Å². The quantitative estimate of drug-likeness (QED) is 0.714. The normalized spacial score (nSPS) is 11.4. The summed E-state index contributed by atoms with van der Waals surface area (Å²) in [4.78, 5) is 19.1. The number of aromatic amines is 1. The van der Waals surface area contributed by atoms with Gasteiger partial charge in [-0.2, -0.15) is 5.26 Å². The monoisotopic (exact) mass is 351 g/mol. The summed E-state index contributed by atoms with van der Waals surface area (Å²) in [5.74, 6) is 0.270. The highest BCUT2D eigenvalue weighted by Gasteiger charge is 2.08. The summed E-state index contributed by atoms with van der Waals surface area (Å²) in [6, 6.07) is 16.7. The zero-order valence-corrected chi connectivity index (χ0v) is 13.0. The van der Waals surface area contributed by atoms with E-state index in [0.717, 1.165) is 10.0 Å². The molecular formula is C17H10BrN3O. The molecule has 4 nitrogen and oxygen atoms in total. The van der Waals surface area contributed by atoms with Crippen molar-refractivity contribution in [1.29, 1.82) is 5.26 Å². The van der Waals surface area contributed by atoms with Crippen molar-refractivity contribution >= 4 is 38.5 Å². The molecule has 0 spiro atoms. The summed E-state index contributed by atoms with van der Waals surface area (Å²) in [6.07, 6.45) is 1.69. The minimum Gasteiger partial charge on any atom is -0.305 e. The van der Waals surface area contributed by atoms with Gasteiger partial charge in [0.1, 0.15) is 6.07 Å². The number of nitrogens with zero attached hydrogens (tertiary/aromatic N) is 2. The highest BCUT2D eigenvalue weighted by atomic mass is 79.9. The van der Waals surface area contributed by atoms with Crippen LogP contribution in [0.1, 0.15) is 11.4 Å². The molecule has 22 heavy (non-hydrogen) atoms. The van der Waals surface area contributed by atoms with Gasteiger partial charge in [0.25, 0.3) is 5.56 Å². The maximum atomic E-state index is 12.1. The Morgan fingerprint density at radius 2 is 2.05 bits per heavy atom. The number of nitrogens with one attached hydrogen (secondary N) is 1. The summed E-state index contributed by atoms with van der Waals surface area (Å²) in [6.45, 7) is 0. The Balaban J connectivity index is 2.16. The molecule has 0 unspecified atom stereocenters. The number of H-pyrrole nitrogens is 1. The molecule has 2 aromatic carbocycles. The van der Waals surface area contributed by atoms with E-state index in [9.17, 15) is 10.1 Å². The van der Waals surface area contributed by atoms with Gasteiger partial charge >= 0.3 is 0 Å². The van der Waals surface area contributed by atoms with E-state index in [1.807, 2.05) is 30.3 Å². The first-order valence-corrected chi connectivity index (χ1v) is 7.33. The summed E-state index contributed by atoms with van der Waals surface area (Å²) in [5, 5.41) is 9.89. The van der Waals surface area contributed by atoms with E-state index in [1.165, 1.54) is 0 Å². The van der Waals surface area contributed by atoms with Crippen LogP contribution in [0, 0.1) is 11.3 Å². The Morgan fingerprint density at radius 1 is 1.23 bits per heavy atom. The third kappa shape index (κ3) is 2.83. The molecule has 0 bridgehead atoms. The second kappa shape index (κ2) is 5.96. The number of hydrogen-bond donors (Lipinski definition) is 1. The van der Waals surface area contributed by atoms with Crippen LogP contribution < -0.4 is 5.56 Å². The van der Waals surface area contributed by atoms with Crippen LogP contribution >= 0.6 is 15.9 Å². The van der Waals surface area contributed by atoms with E-state index in [-0.39, 0.29) is 11.4 Å². The molecule has 0 radical (unpaired) electrons. The Hall–Kier alpha value is -2.71. The SMILES string of the molecule is N#C/C(=C/c1cccc(Br)c1)c1nc2ccccc2c(=O)[nH]1. The van der Waals surface area contributed by atoms with Crippen molar-refractivity contribution < 1.29 is 0 Å². The molecule has 106 valence electrons. The summed E-state index contributed by atoms with van der Waals surface area (Å²) in [5.41, 5.74) is 1.47. The maximum Gasteiger partial charge on any atom is 0.259 e. The van der Waals surface area contributed by atoms with Gasteiger partial charge in [0.05, 0.1) is 16.5 Å². The van der Waals surface area contributed by atoms with Gasteiger partial charge in [-0.1, -0.05) is 40.2 Å². The number of nitriles is 1. The van der Waals surface area contributed by atoms with Crippen LogP contribution in [0.4, 0.5) is 0 Å². The number of halogens is 1. The standard InChI is InChI=1S/C17H10BrN3O/c18-13-5-3-4-11(9-13)8-12(10-19)16-20-15-7-2-1-6-14(15)17(22)21-16/h1-9H,(H,20,21,22)/b12-8-. The van der Waals surface area contributed by atoms with E-state index >= 15 is 0 Å². The molecule has 0 saturated heterocycles. The lowest BCUT2D eigenvalue weighted by atomic mass is 10.1. The molecule has 0 saturated carbocycles. The molecule has 5 heteroatoms. The Kier molecular flexibility index (Phi) is 3.86. The van der Waals surface area contributed by atoms with E-state index in [4.69, 9.17) is 0 Å². The molecule has 1 heterocycles. The van der Waals surface area contributed by atoms with Crippen molar-refractivity contribution in [3.05, 3.63) is 74.7 Å². The number of rotatable bonds is 2. The average molecular weight is 352 g/mol. The number of hydrogen-bond acceptors (Lipinski definition) is 3. The number of para-hydroxylation sites is 1. The molecule has 0 aliphatic carbocycles. The lowest BCUT2D eigenvalue weighted by molar-refractivity contribution is 1.13. The lowest BCUT2D eigenvalue weighted by Gasteiger charge is -2.02. The summed E-state index contributed by atoms with van der Waals surface area (Å²) < 4.78 is 0.915. The van der Waals surface area contributed by atoms with Gasteiger partial charge in [0.2, 0.25) is 0 Å². The van der Waals surface area contributed by atoms with Crippen LogP contribution in [-0.2, 0) is 0 Å². The fourth-order valence-electron chi connectivity index (χ4n) is 2.13. The van der Waals surface area contributed by atoms with Gasteiger partial charge in [0.15, 0.2) is 5.82 Å². The second-order valence-electron chi connectivity index (χ2n) is 4.66. The Labute approximate surface area is 134 Å². The third-order valence-electron chi connectivity index (χ3n) is 3.15. The average Bonchev–Trinajstić information content (AvgIpc) is 2.52. The molecule has 0 amide bonds. The van der Waals surface area contributed by atoms with Crippen molar-refractivity contribution in [2.75, 3.05) is 0 Å². The highest BCUT2D eigenvalue weighted by Crippen LogP contribution is 2.18. The first-order chi connectivity index (χ1) is 10.7. The maximum absolute atomic E-state index is 12.1. The second-order valence-corrected chi connectivity index (χ2v) is 5.57. The molecular weight excluding hydrogens is 342 g/mol. The van der Waals surface area contributed by atoms with Crippen molar-refractivity contribution in [2.45, 2.75) is 0 Å². The van der Waals surface area contributed by atoms with Crippen LogP contribution in [0.3, 0.4) is 0 Å². The first kappa shape index (κ1) is 14.2. The number of benzene rings is 2. The Bertz CT molecular complexity index is 983. The molecule has 1 aromatic heterocycles. The Morgan fingerprint density at radius 3 is 2.82 bits per heavy atom. The molecule has 1 N–H and O–H groups in total. The van der Waals surface area contributed by atoms with Crippen LogP contribution in [0.5, 0.6) is 0 Å². The van der Waals surface area contributed by atoms with Gasteiger partial charge in [-0.15, -0.1) is 0 Å². The minimum atomic E-state index is -0.254. The fraction of sp³-hybridized carbons (Fsp3) is 0. The molecule has 3 rings (SSSR count). The molecule has 0 atom stereocenters. The predicted molar refractivity (Wildman–Crippen MR) is 90.0 cm³/mol. The topological polar surface area (TPSA) is 69.5 Å². The van der Waals surface area contributed by atoms with Crippen molar-refractivity contribution in [1.82, 2.24) is 9.97 Å². The van der Waals surface area contributed by atoms with Gasteiger partial charge in [-0.05, 0) is 35.9 Å². The molecule has 0 aliphatic rings. The zero-order valence-electron chi connectivity index (χ0n) is 11.4. The van der Waals surface area contributed by atoms with E-state index in [1.54, 1.807) is 24.3 Å². The van der Waals surface area contributed by atoms with Crippen LogP contribution in [0.25, 0.3) is 22.6 Å². The van der Waals surface area contributed by atoms with Crippen molar-refractivity contribution in [3.8, 4) is 6.07 Å². The van der Waals surface area contributed by atoms with Gasteiger partial charge < -0.3 is 4.98 Å². The van der Waals surface area contributed by atoms with Crippen molar-refractivity contribution in [3.63, 3.8) is 0 Å². The highest BCUT2D eigenvalue weighted by molar-refractivity contribution is 9.10. The van der Waals surface area contributed by atoms with Crippen LogP contribution in [-0.4, -0.2) is 9.97 Å². The number of aromatic nitrogens is 2. The first-order valence-electron chi connectivity index (χ1n) is 6.54. The van der Waals surface area contributed by atoms with E-state index < -0.39 is 0 Å². The predicted octanol–water partition coefficient (Wildman–Crippen LogP) is 3.75. The lowest BCUT2D eigenvalue weighted by Crippen LogP contribution is -2.11. The van der Waals surface area contributed by atoms with Gasteiger partial charge in [0, 0.05) is 4.47 Å². The van der Waals surface area contributed by atoms with Gasteiger partial charge in [-0.3, -0.25) is 4.79 Å². The largest absolute Gasteiger partial charge is 0.305 e. The fourth-order valence-corrected chi connectivity index (χ4v) is 2.55. The molecule has 0 fully saturated rings. The zero-order chi connectivity index (χ0) is 15.5. The number of fused-ring (bicyclic) bond motifs is 1. The minimum absolute atomic E-state index is 0.254.